The Morgan fingerprint density at radius 3 is 2.20 bits per heavy atom. The first-order valence-corrected chi connectivity index (χ1v) is 9.84. The molecular weight excluding hydrogens is 338 g/mol. The zero-order valence-corrected chi connectivity index (χ0v) is 15.7. The molecule has 0 aliphatic carbocycles. The van der Waals surface area contributed by atoms with Crippen LogP contribution < -0.4 is 4.18 Å². The van der Waals surface area contributed by atoms with Crippen molar-refractivity contribution in [1.29, 1.82) is 0 Å². The Balaban J connectivity index is 2.19. The zero-order chi connectivity index (χ0) is 18.6. The molecule has 0 unspecified atom stereocenters. The van der Waals surface area contributed by atoms with Crippen molar-refractivity contribution in [3.8, 4) is 5.75 Å². The topological polar surface area (TPSA) is 63.7 Å². The fourth-order valence-corrected chi connectivity index (χ4v) is 2.94. The predicted octanol–water partition coefficient (Wildman–Crippen LogP) is 3.38. The van der Waals surface area contributed by atoms with Gasteiger partial charge in [0.25, 0.3) is 5.91 Å². The maximum absolute atomic E-state index is 12.9. The van der Waals surface area contributed by atoms with Crippen LogP contribution >= 0.6 is 0 Å². The molecule has 0 aliphatic rings. The quantitative estimate of drug-likeness (QED) is 0.740. The smallest absolute Gasteiger partial charge is 0.306 e. The van der Waals surface area contributed by atoms with Crippen LogP contribution in [0.3, 0.4) is 0 Å². The normalized spacial score (nSPS) is 11.4. The number of carbonyl (C=O) groups is 1. The molecule has 6 heteroatoms. The molecule has 0 N–H and O–H groups in total. The van der Waals surface area contributed by atoms with Gasteiger partial charge in [-0.3, -0.25) is 4.79 Å². The standard InChI is InChI=1S/C19H23NO4S/c1-14(2)20(19(21)18-8-6-5-7-15(18)3)13-16-9-11-17(12-10-16)24-25(4,22)23/h5-12,14H,13H2,1-4H3. The predicted molar refractivity (Wildman–Crippen MR) is 98.1 cm³/mol. The first-order chi connectivity index (χ1) is 11.7. The highest BCUT2D eigenvalue weighted by atomic mass is 32.2. The third kappa shape index (κ3) is 5.32. The largest absolute Gasteiger partial charge is 0.383 e. The van der Waals surface area contributed by atoms with Crippen LogP contribution in [-0.4, -0.2) is 31.5 Å². The monoisotopic (exact) mass is 361 g/mol. The van der Waals surface area contributed by atoms with E-state index in [0.717, 1.165) is 17.4 Å². The van der Waals surface area contributed by atoms with E-state index < -0.39 is 10.1 Å². The van der Waals surface area contributed by atoms with Gasteiger partial charge in [0, 0.05) is 18.2 Å². The van der Waals surface area contributed by atoms with E-state index >= 15 is 0 Å². The molecule has 2 aromatic rings. The van der Waals surface area contributed by atoms with Crippen molar-refractivity contribution in [2.45, 2.75) is 33.4 Å². The molecule has 134 valence electrons. The van der Waals surface area contributed by atoms with Crippen LogP contribution in [0.4, 0.5) is 0 Å². The molecule has 0 saturated heterocycles. The Hall–Kier alpha value is -2.34. The molecule has 0 aromatic heterocycles. The highest BCUT2D eigenvalue weighted by Gasteiger charge is 2.20. The second-order valence-corrected chi connectivity index (χ2v) is 7.85. The van der Waals surface area contributed by atoms with Crippen LogP contribution in [0.5, 0.6) is 5.75 Å². The van der Waals surface area contributed by atoms with E-state index in [1.165, 1.54) is 0 Å². The number of aryl methyl sites for hydroxylation is 1. The van der Waals surface area contributed by atoms with Gasteiger partial charge >= 0.3 is 10.1 Å². The summed E-state index contributed by atoms with van der Waals surface area (Å²) in [7, 11) is -3.55. The van der Waals surface area contributed by atoms with Gasteiger partial charge in [0.2, 0.25) is 0 Å². The van der Waals surface area contributed by atoms with E-state index in [-0.39, 0.29) is 17.7 Å². The summed E-state index contributed by atoms with van der Waals surface area (Å²) in [6.07, 6.45) is 1.00. The Morgan fingerprint density at radius 1 is 1.08 bits per heavy atom. The van der Waals surface area contributed by atoms with Gasteiger partial charge in [0.05, 0.1) is 6.26 Å². The first kappa shape index (κ1) is 19.0. The van der Waals surface area contributed by atoms with E-state index in [1.54, 1.807) is 29.2 Å². The van der Waals surface area contributed by atoms with Gasteiger partial charge < -0.3 is 9.08 Å². The van der Waals surface area contributed by atoms with Crippen molar-refractivity contribution in [3.63, 3.8) is 0 Å². The molecule has 0 aliphatic heterocycles. The zero-order valence-electron chi connectivity index (χ0n) is 14.9. The minimum absolute atomic E-state index is 0.0236. The molecule has 25 heavy (non-hydrogen) atoms. The maximum Gasteiger partial charge on any atom is 0.306 e. The van der Waals surface area contributed by atoms with Crippen molar-refractivity contribution in [2.24, 2.45) is 0 Å². The van der Waals surface area contributed by atoms with Gasteiger partial charge in [-0.05, 0) is 50.1 Å². The van der Waals surface area contributed by atoms with Crippen LogP contribution in [0.1, 0.15) is 35.3 Å². The molecule has 2 rings (SSSR count). The third-order valence-corrected chi connectivity index (χ3v) is 4.28. The lowest BCUT2D eigenvalue weighted by molar-refractivity contribution is 0.0689. The summed E-state index contributed by atoms with van der Waals surface area (Å²) in [5.41, 5.74) is 2.53. The molecular formula is C19H23NO4S. The first-order valence-electron chi connectivity index (χ1n) is 8.02. The summed E-state index contributed by atoms with van der Waals surface area (Å²) in [4.78, 5) is 14.7. The Labute approximate surface area is 149 Å². The van der Waals surface area contributed by atoms with E-state index in [1.807, 2.05) is 45.0 Å². The fourth-order valence-electron chi connectivity index (χ4n) is 2.48. The summed E-state index contributed by atoms with van der Waals surface area (Å²) in [5, 5.41) is 0. The molecule has 0 fully saturated rings. The molecule has 1 amide bonds. The van der Waals surface area contributed by atoms with E-state index in [0.29, 0.717) is 12.1 Å². The lowest BCUT2D eigenvalue weighted by atomic mass is 10.1. The van der Waals surface area contributed by atoms with Crippen LogP contribution in [0.2, 0.25) is 0 Å². The molecule has 5 nitrogen and oxygen atoms in total. The van der Waals surface area contributed by atoms with Crippen molar-refractivity contribution in [3.05, 3.63) is 65.2 Å². The van der Waals surface area contributed by atoms with Crippen molar-refractivity contribution >= 4 is 16.0 Å². The number of hydrogen-bond acceptors (Lipinski definition) is 4. The van der Waals surface area contributed by atoms with Gasteiger partial charge in [-0.25, -0.2) is 0 Å². The summed E-state index contributed by atoms with van der Waals surface area (Å²) >= 11 is 0. The molecule has 2 aromatic carbocycles. The number of hydrogen-bond donors (Lipinski definition) is 0. The van der Waals surface area contributed by atoms with Crippen molar-refractivity contribution in [2.75, 3.05) is 6.26 Å². The second kappa shape index (κ2) is 7.70. The average Bonchev–Trinajstić information content (AvgIpc) is 2.52. The van der Waals surface area contributed by atoms with E-state index in [9.17, 15) is 13.2 Å². The molecule has 0 spiro atoms. The highest BCUT2D eigenvalue weighted by molar-refractivity contribution is 7.86. The summed E-state index contributed by atoms with van der Waals surface area (Å²) in [6, 6.07) is 14.3. The van der Waals surface area contributed by atoms with E-state index in [4.69, 9.17) is 4.18 Å². The summed E-state index contributed by atoms with van der Waals surface area (Å²) < 4.78 is 27.1. The van der Waals surface area contributed by atoms with Crippen LogP contribution in [0.25, 0.3) is 0 Å². The number of carbonyl (C=O) groups excluding carboxylic acids is 1. The average molecular weight is 361 g/mol. The maximum atomic E-state index is 12.9. The Kier molecular flexibility index (Phi) is 5.85. The van der Waals surface area contributed by atoms with Crippen LogP contribution in [-0.2, 0) is 16.7 Å². The number of amides is 1. The van der Waals surface area contributed by atoms with Gasteiger partial charge in [-0.2, -0.15) is 8.42 Å². The van der Waals surface area contributed by atoms with Gasteiger partial charge in [0.1, 0.15) is 5.75 Å². The lowest BCUT2D eigenvalue weighted by Crippen LogP contribution is -2.36. The highest BCUT2D eigenvalue weighted by Crippen LogP contribution is 2.19. The van der Waals surface area contributed by atoms with Crippen molar-refractivity contribution < 1.29 is 17.4 Å². The molecule has 0 radical (unpaired) electrons. The molecule has 0 saturated carbocycles. The SMILES string of the molecule is Cc1ccccc1C(=O)N(Cc1ccc(OS(C)(=O)=O)cc1)C(C)C. The minimum atomic E-state index is -3.55. The minimum Gasteiger partial charge on any atom is -0.383 e. The Bertz CT molecular complexity index is 842. The molecule has 0 heterocycles. The summed E-state index contributed by atoms with van der Waals surface area (Å²) in [6.45, 7) is 6.29. The third-order valence-electron chi connectivity index (χ3n) is 3.78. The van der Waals surface area contributed by atoms with Crippen LogP contribution in [0, 0.1) is 6.92 Å². The van der Waals surface area contributed by atoms with Gasteiger partial charge in [0.15, 0.2) is 0 Å². The van der Waals surface area contributed by atoms with Gasteiger partial charge in [-0.15, -0.1) is 0 Å². The number of rotatable bonds is 6. The number of benzene rings is 2. The summed E-state index contributed by atoms with van der Waals surface area (Å²) in [5.74, 6) is 0.233. The Morgan fingerprint density at radius 2 is 1.68 bits per heavy atom. The van der Waals surface area contributed by atoms with E-state index in [2.05, 4.69) is 0 Å². The molecule has 0 atom stereocenters. The van der Waals surface area contributed by atoms with Gasteiger partial charge in [-0.1, -0.05) is 30.3 Å². The fraction of sp³-hybridized carbons (Fsp3) is 0.316. The second-order valence-electron chi connectivity index (χ2n) is 6.27. The molecule has 0 bridgehead atoms. The number of nitrogens with zero attached hydrogens (tertiary/aromatic N) is 1. The lowest BCUT2D eigenvalue weighted by Gasteiger charge is -2.27. The van der Waals surface area contributed by atoms with Crippen molar-refractivity contribution in [1.82, 2.24) is 4.90 Å². The van der Waals surface area contributed by atoms with Crippen LogP contribution in [0.15, 0.2) is 48.5 Å².